The largest absolute Gasteiger partial charge is 0.485 e. The van der Waals surface area contributed by atoms with Gasteiger partial charge in [-0.05, 0) is 66.5 Å². The number of nitrogens with one attached hydrogen (secondary N) is 1. The summed E-state index contributed by atoms with van der Waals surface area (Å²) in [4.78, 5) is 44.9. The van der Waals surface area contributed by atoms with E-state index in [9.17, 15) is 14.4 Å². The van der Waals surface area contributed by atoms with Crippen LogP contribution in [0.2, 0.25) is 10.0 Å². The number of fused-ring (bicyclic) bond motifs is 1. The quantitative estimate of drug-likeness (QED) is 0.426. The minimum atomic E-state index is -0.494. The summed E-state index contributed by atoms with van der Waals surface area (Å²) in [6, 6.07) is 6.40. The van der Waals surface area contributed by atoms with Gasteiger partial charge in [0.1, 0.15) is 17.8 Å². The lowest BCUT2D eigenvalue weighted by Crippen LogP contribution is -2.50. The van der Waals surface area contributed by atoms with Crippen molar-refractivity contribution >= 4 is 68.2 Å². The van der Waals surface area contributed by atoms with Gasteiger partial charge < -0.3 is 15.0 Å². The second-order valence-electron chi connectivity index (χ2n) is 8.75. The lowest BCUT2D eigenvalue weighted by atomic mass is 10.1. The third-order valence-electron chi connectivity index (χ3n) is 6.29. The topological polar surface area (TPSA) is 96.2 Å². The van der Waals surface area contributed by atoms with Crippen molar-refractivity contribution in [2.75, 3.05) is 25.0 Å². The van der Waals surface area contributed by atoms with Crippen LogP contribution in [0.25, 0.3) is 5.65 Å². The zero-order valence-electron chi connectivity index (χ0n) is 20.6. The molecule has 196 valence electrons. The van der Waals surface area contributed by atoms with E-state index in [-0.39, 0.29) is 11.6 Å². The average Bonchev–Trinajstić information content (AvgIpc) is 3.50. The number of pyridine rings is 1. The van der Waals surface area contributed by atoms with E-state index >= 15 is 0 Å². The Kier molecular flexibility index (Phi) is 8.42. The minimum Gasteiger partial charge on any atom is -0.485 e. The molecule has 0 saturated carbocycles. The maximum Gasteiger partial charge on any atom is 0.246 e. The van der Waals surface area contributed by atoms with Gasteiger partial charge in [-0.2, -0.15) is 0 Å². The minimum absolute atomic E-state index is 0.0299. The highest BCUT2D eigenvalue weighted by Crippen LogP contribution is 2.35. The maximum atomic E-state index is 13.1. The van der Waals surface area contributed by atoms with Crippen molar-refractivity contribution in [3.63, 3.8) is 0 Å². The van der Waals surface area contributed by atoms with E-state index in [1.807, 2.05) is 23.6 Å². The number of imidazole rings is 1. The first-order valence-corrected chi connectivity index (χ1v) is 13.2. The third kappa shape index (κ3) is 5.62. The molecule has 4 rings (SSSR count). The highest BCUT2D eigenvalue weighted by atomic mass is 79.9. The Hall–Kier alpha value is -2.66. The number of imide groups is 1. The Morgan fingerprint density at radius 1 is 1.27 bits per heavy atom. The summed E-state index contributed by atoms with van der Waals surface area (Å²) in [5.74, 6) is -0.834. The Morgan fingerprint density at radius 2 is 2.03 bits per heavy atom. The van der Waals surface area contributed by atoms with Crippen LogP contribution in [-0.4, -0.2) is 58.2 Å². The van der Waals surface area contributed by atoms with Gasteiger partial charge in [-0.15, -0.1) is 0 Å². The predicted molar refractivity (Wildman–Crippen MR) is 145 cm³/mol. The number of carbonyl (C=O) groups is 3. The van der Waals surface area contributed by atoms with Crippen molar-refractivity contribution in [2.45, 2.75) is 39.3 Å². The van der Waals surface area contributed by atoms with Crippen molar-refractivity contribution in [1.29, 1.82) is 0 Å². The number of likely N-dealkylation sites (N-methyl/N-ethyl adjacent to an activating group) is 1. The normalized spacial score (nSPS) is 15.1. The van der Waals surface area contributed by atoms with Crippen molar-refractivity contribution in [3.8, 4) is 5.75 Å². The van der Waals surface area contributed by atoms with E-state index in [1.54, 1.807) is 18.2 Å². The number of nitrogens with zero attached hydrogens (tertiary/aromatic N) is 4. The molecule has 0 radical (unpaired) electrons. The Balaban J connectivity index is 1.53. The fourth-order valence-electron chi connectivity index (χ4n) is 4.17. The summed E-state index contributed by atoms with van der Waals surface area (Å²) in [6.07, 6.45) is 3.33. The van der Waals surface area contributed by atoms with E-state index in [0.717, 1.165) is 21.6 Å². The molecule has 9 nitrogen and oxygen atoms in total. The molecule has 12 heteroatoms. The van der Waals surface area contributed by atoms with Gasteiger partial charge in [0, 0.05) is 30.8 Å². The fourth-order valence-corrected chi connectivity index (χ4v) is 5.15. The molecule has 37 heavy (non-hydrogen) atoms. The van der Waals surface area contributed by atoms with Crippen LogP contribution in [0.5, 0.6) is 5.75 Å². The van der Waals surface area contributed by atoms with Crippen LogP contribution in [0.4, 0.5) is 5.69 Å². The van der Waals surface area contributed by atoms with E-state index in [1.165, 1.54) is 18.9 Å². The second-order valence-corrected chi connectivity index (χ2v) is 10.3. The third-order valence-corrected chi connectivity index (χ3v) is 8.02. The van der Waals surface area contributed by atoms with E-state index in [2.05, 4.69) is 26.2 Å². The van der Waals surface area contributed by atoms with Gasteiger partial charge in [-0.25, -0.2) is 4.98 Å². The molecule has 1 aliphatic heterocycles. The lowest BCUT2D eigenvalue weighted by molar-refractivity contribution is -0.147. The van der Waals surface area contributed by atoms with Gasteiger partial charge >= 0.3 is 0 Å². The van der Waals surface area contributed by atoms with Crippen molar-refractivity contribution in [1.82, 2.24) is 19.6 Å². The molecule has 1 atom stereocenters. The Bertz CT molecular complexity index is 1370. The molecule has 0 unspecified atom stereocenters. The molecule has 1 N–H and O–H groups in total. The lowest BCUT2D eigenvalue weighted by Gasteiger charge is -2.26. The summed E-state index contributed by atoms with van der Waals surface area (Å²) < 4.78 is 8.72. The van der Waals surface area contributed by atoms with Crippen molar-refractivity contribution in [2.24, 2.45) is 0 Å². The summed E-state index contributed by atoms with van der Waals surface area (Å²) in [6.45, 7) is 3.49. The van der Waals surface area contributed by atoms with Gasteiger partial charge in [0.15, 0.2) is 11.4 Å². The predicted octanol–water partition coefficient (Wildman–Crippen LogP) is 4.38. The van der Waals surface area contributed by atoms with Crippen LogP contribution in [-0.2, 0) is 21.0 Å². The first-order chi connectivity index (χ1) is 17.6. The second kappa shape index (κ2) is 11.4. The smallest absolute Gasteiger partial charge is 0.246 e. The molecule has 0 aliphatic carbocycles. The van der Waals surface area contributed by atoms with Gasteiger partial charge in [0.05, 0.1) is 22.4 Å². The summed E-state index contributed by atoms with van der Waals surface area (Å²) >= 11 is 16.6. The molecular weight excluding hydrogens is 585 g/mol. The molecule has 1 aromatic carbocycles. The summed E-state index contributed by atoms with van der Waals surface area (Å²) in [5.41, 5.74) is 2.31. The van der Waals surface area contributed by atoms with Crippen LogP contribution < -0.4 is 15.0 Å². The van der Waals surface area contributed by atoms with E-state index < -0.39 is 30.3 Å². The molecule has 3 aromatic rings. The maximum absolute atomic E-state index is 13.1. The number of halogens is 3. The molecule has 2 aromatic heterocycles. The summed E-state index contributed by atoms with van der Waals surface area (Å²) in [7, 11) is 1.53. The molecular formula is C25H26BrCl2N5O4. The van der Waals surface area contributed by atoms with Crippen molar-refractivity contribution in [3.05, 3.63) is 56.4 Å². The Morgan fingerprint density at radius 3 is 2.70 bits per heavy atom. The monoisotopic (exact) mass is 609 g/mol. The number of rotatable bonds is 7. The number of anilines is 1. The van der Waals surface area contributed by atoms with Crippen LogP contribution in [0, 0.1) is 6.92 Å². The first-order valence-electron chi connectivity index (χ1n) is 11.6. The fraction of sp³-hybridized carbons (Fsp3) is 0.360. The van der Waals surface area contributed by atoms with Gasteiger partial charge in [-0.3, -0.25) is 23.7 Å². The number of hydrogen-bond acceptors (Lipinski definition) is 6. The van der Waals surface area contributed by atoms with Crippen LogP contribution in [0.15, 0.2) is 35.1 Å². The summed E-state index contributed by atoms with van der Waals surface area (Å²) in [5, 5.41) is 3.67. The molecule has 3 heterocycles. The highest BCUT2D eigenvalue weighted by Gasteiger charge is 2.31. The van der Waals surface area contributed by atoms with Gasteiger partial charge in [0.2, 0.25) is 17.7 Å². The zero-order valence-corrected chi connectivity index (χ0v) is 23.7. The number of ether oxygens (including phenoxy) is 1. The number of aryl methyl sites for hydroxylation is 1. The molecule has 0 bridgehead atoms. The van der Waals surface area contributed by atoms with E-state index in [4.69, 9.17) is 27.9 Å². The number of amides is 3. The van der Waals surface area contributed by atoms with E-state index in [0.29, 0.717) is 40.6 Å². The standard InChI is InChI=1S/C25H26BrCl2N5O4/c1-14-23(26)32-11-5-7-20(24(32)30-14)37-13-16-17(27)8-9-19(22(16)28)31(3)21(35)12-33(15(2)34)25(36)18-6-4-10-29-18/h5,7-9,11,18,29H,4,6,10,12-13H2,1-3H3/t18-/m1/s1. The molecule has 3 amide bonds. The molecule has 1 saturated heterocycles. The molecule has 0 spiro atoms. The first kappa shape index (κ1) is 27.4. The van der Waals surface area contributed by atoms with Crippen LogP contribution >= 0.6 is 39.1 Å². The number of benzene rings is 1. The molecule has 1 fully saturated rings. The zero-order chi connectivity index (χ0) is 26.9. The Labute approximate surface area is 232 Å². The number of aromatic nitrogens is 2. The highest BCUT2D eigenvalue weighted by molar-refractivity contribution is 9.10. The molecule has 1 aliphatic rings. The van der Waals surface area contributed by atoms with Crippen molar-refractivity contribution < 1.29 is 19.1 Å². The average molecular weight is 611 g/mol. The number of hydrogen-bond donors (Lipinski definition) is 1. The van der Waals surface area contributed by atoms with Crippen LogP contribution in [0.3, 0.4) is 0 Å². The van der Waals surface area contributed by atoms with Crippen LogP contribution in [0.1, 0.15) is 31.0 Å². The SMILES string of the molecule is CC(=O)N(CC(=O)N(C)c1ccc(Cl)c(COc2cccn3c(Br)c(C)nc23)c1Cl)C(=O)[C@H]1CCCN1. The van der Waals surface area contributed by atoms with Gasteiger partial charge in [0.25, 0.3) is 0 Å². The number of carbonyl (C=O) groups excluding carboxylic acids is 3. The van der Waals surface area contributed by atoms with Gasteiger partial charge in [-0.1, -0.05) is 23.2 Å².